The van der Waals surface area contributed by atoms with E-state index >= 15 is 0 Å². The Morgan fingerprint density at radius 1 is 1.21 bits per heavy atom. The zero-order valence-electron chi connectivity index (χ0n) is 10.6. The first-order valence-corrected chi connectivity index (χ1v) is 7.16. The molecule has 19 heavy (non-hydrogen) atoms. The first-order valence-electron chi connectivity index (χ1n) is 5.67. The molecule has 0 saturated carbocycles. The summed E-state index contributed by atoms with van der Waals surface area (Å²) in [4.78, 5) is 0.0276. The van der Waals surface area contributed by atoms with Gasteiger partial charge >= 0.3 is 0 Å². The highest BCUT2D eigenvalue weighted by Crippen LogP contribution is 2.20. The van der Waals surface area contributed by atoms with Crippen molar-refractivity contribution >= 4 is 10.0 Å². The Kier molecular flexibility index (Phi) is 3.79. The van der Waals surface area contributed by atoms with Gasteiger partial charge in [0.2, 0.25) is 10.0 Å². The Labute approximate surface area is 111 Å². The van der Waals surface area contributed by atoms with Gasteiger partial charge in [0, 0.05) is 6.07 Å². The topological polar surface area (TPSA) is 92.7 Å². The third-order valence-electron chi connectivity index (χ3n) is 2.60. The van der Waals surface area contributed by atoms with E-state index in [-0.39, 0.29) is 29.6 Å². The summed E-state index contributed by atoms with van der Waals surface area (Å²) in [6.45, 7) is 3.04. The summed E-state index contributed by atoms with van der Waals surface area (Å²) in [5.41, 5.74) is 0. The van der Waals surface area contributed by atoms with Crippen LogP contribution in [0.25, 0.3) is 0 Å². The van der Waals surface area contributed by atoms with Crippen molar-refractivity contribution in [2.75, 3.05) is 0 Å². The molecule has 2 N–H and O–H groups in total. The maximum absolute atomic E-state index is 12.1. The number of furan rings is 2. The zero-order chi connectivity index (χ0) is 14.0. The summed E-state index contributed by atoms with van der Waals surface area (Å²) >= 11 is 0. The van der Waals surface area contributed by atoms with E-state index in [4.69, 9.17) is 13.9 Å². The fraction of sp³-hybridized carbons (Fsp3) is 0.333. The zero-order valence-corrected chi connectivity index (χ0v) is 11.5. The van der Waals surface area contributed by atoms with Crippen LogP contribution in [0.2, 0.25) is 0 Å². The molecule has 6 nitrogen and oxygen atoms in total. The van der Waals surface area contributed by atoms with E-state index in [0.717, 1.165) is 5.76 Å². The molecule has 0 saturated heterocycles. The number of aliphatic hydroxyl groups excluding tert-OH is 1. The van der Waals surface area contributed by atoms with Crippen molar-refractivity contribution < 1.29 is 22.4 Å². The fourth-order valence-corrected chi connectivity index (χ4v) is 2.89. The van der Waals surface area contributed by atoms with Crippen LogP contribution in [-0.4, -0.2) is 13.5 Å². The van der Waals surface area contributed by atoms with Crippen molar-refractivity contribution in [3.8, 4) is 0 Å². The molecule has 2 aromatic rings. The molecule has 0 amide bonds. The number of hydrogen-bond acceptors (Lipinski definition) is 5. The molecule has 0 spiro atoms. The van der Waals surface area contributed by atoms with Crippen LogP contribution in [0.5, 0.6) is 0 Å². The molecule has 0 atom stereocenters. The van der Waals surface area contributed by atoms with Crippen molar-refractivity contribution in [1.82, 2.24) is 4.72 Å². The van der Waals surface area contributed by atoms with Gasteiger partial charge in [-0.3, -0.25) is 0 Å². The smallest absolute Gasteiger partial charge is 0.244 e. The Hall–Kier alpha value is -1.57. The van der Waals surface area contributed by atoms with E-state index in [0.29, 0.717) is 5.76 Å². The van der Waals surface area contributed by atoms with Crippen LogP contribution in [0, 0.1) is 13.8 Å². The van der Waals surface area contributed by atoms with Gasteiger partial charge in [0.05, 0.1) is 6.54 Å². The molecule has 0 unspecified atom stereocenters. The van der Waals surface area contributed by atoms with Crippen LogP contribution in [-0.2, 0) is 23.2 Å². The minimum Gasteiger partial charge on any atom is -0.465 e. The standard InChI is InChI=1S/C12H15NO5S/c1-8-3-4-10(17-8)6-13-19(15,16)12-5-11(7-14)18-9(12)2/h3-5,13-14H,6-7H2,1-2H3. The van der Waals surface area contributed by atoms with Crippen molar-refractivity contribution in [2.24, 2.45) is 0 Å². The van der Waals surface area contributed by atoms with E-state index in [1.54, 1.807) is 19.1 Å². The van der Waals surface area contributed by atoms with Gasteiger partial charge in [-0.2, -0.15) is 0 Å². The van der Waals surface area contributed by atoms with Crippen molar-refractivity contribution in [3.05, 3.63) is 41.2 Å². The van der Waals surface area contributed by atoms with Gasteiger partial charge in [0.25, 0.3) is 0 Å². The second-order valence-corrected chi connectivity index (χ2v) is 5.86. The minimum atomic E-state index is -3.68. The van der Waals surface area contributed by atoms with Crippen LogP contribution in [0.3, 0.4) is 0 Å². The molecule has 0 bridgehead atoms. The van der Waals surface area contributed by atoms with Gasteiger partial charge in [-0.25, -0.2) is 13.1 Å². The number of hydrogen-bond donors (Lipinski definition) is 2. The summed E-state index contributed by atoms with van der Waals surface area (Å²) in [7, 11) is -3.68. The number of nitrogens with one attached hydrogen (secondary N) is 1. The summed E-state index contributed by atoms with van der Waals surface area (Å²) in [5, 5.41) is 8.93. The highest BCUT2D eigenvalue weighted by Gasteiger charge is 2.21. The van der Waals surface area contributed by atoms with E-state index in [2.05, 4.69) is 4.72 Å². The Bertz CT molecular complexity index is 668. The summed E-state index contributed by atoms with van der Waals surface area (Å²) in [6.07, 6.45) is 0. The molecule has 0 aliphatic carbocycles. The first-order chi connectivity index (χ1) is 8.92. The lowest BCUT2D eigenvalue weighted by molar-refractivity contribution is 0.244. The van der Waals surface area contributed by atoms with Crippen LogP contribution in [0.1, 0.15) is 23.0 Å². The normalized spacial score (nSPS) is 11.9. The molecule has 104 valence electrons. The molecular weight excluding hydrogens is 270 g/mol. The molecule has 7 heteroatoms. The summed E-state index contributed by atoms with van der Waals surface area (Å²) in [6, 6.07) is 4.78. The van der Waals surface area contributed by atoms with Gasteiger partial charge in [-0.1, -0.05) is 0 Å². The lowest BCUT2D eigenvalue weighted by atomic mass is 10.4. The van der Waals surface area contributed by atoms with E-state index in [1.165, 1.54) is 13.0 Å². The molecule has 2 heterocycles. The highest BCUT2D eigenvalue weighted by molar-refractivity contribution is 7.89. The van der Waals surface area contributed by atoms with E-state index in [1.807, 2.05) is 0 Å². The number of aliphatic hydroxyl groups is 1. The Morgan fingerprint density at radius 3 is 2.47 bits per heavy atom. The summed E-state index contributed by atoms with van der Waals surface area (Å²) < 4.78 is 37.0. The Morgan fingerprint density at radius 2 is 1.95 bits per heavy atom. The lowest BCUT2D eigenvalue weighted by Gasteiger charge is -2.03. The van der Waals surface area contributed by atoms with Crippen LogP contribution >= 0.6 is 0 Å². The van der Waals surface area contributed by atoms with E-state index < -0.39 is 10.0 Å². The largest absolute Gasteiger partial charge is 0.465 e. The van der Waals surface area contributed by atoms with E-state index in [9.17, 15) is 8.42 Å². The van der Waals surface area contributed by atoms with Crippen LogP contribution in [0.15, 0.2) is 31.9 Å². The second-order valence-electron chi connectivity index (χ2n) is 4.13. The Balaban J connectivity index is 2.15. The molecular formula is C12H15NO5S. The van der Waals surface area contributed by atoms with Gasteiger partial charge in [0.15, 0.2) is 0 Å². The lowest BCUT2D eigenvalue weighted by Crippen LogP contribution is -2.23. The SMILES string of the molecule is Cc1ccc(CNS(=O)(=O)c2cc(CO)oc2C)o1. The third kappa shape index (κ3) is 3.06. The minimum absolute atomic E-state index is 0.0276. The van der Waals surface area contributed by atoms with Gasteiger partial charge in [0.1, 0.15) is 34.5 Å². The average Bonchev–Trinajstić information content (AvgIpc) is 2.93. The second kappa shape index (κ2) is 5.20. The monoisotopic (exact) mass is 285 g/mol. The first kappa shape index (κ1) is 13.9. The fourth-order valence-electron chi connectivity index (χ4n) is 1.69. The molecule has 2 rings (SSSR count). The predicted octanol–water partition coefficient (Wildman–Crippen LogP) is 1.46. The molecule has 0 radical (unpaired) electrons. The van der Waals surface area contributed by atoms with Crippen molar-refractivity contribution in [3.63, 3.8) is 0 Å². The average molecular weight is 285 g/mol. The third-order valence-corrected chi connectivity index (χ3v) is 4.11. The number of rotatable bonds is 5. The predicted molar refractivity (Wildman–Crippen MR) is 66.8 cm³/mol. The number of sulfonamides is 1. The van der Waals surface area contributed by atoms with Crippen molar-refractivity contribution in [1.29, 1.82) is 0 Å². The highest BCUT2D eigenvalue weighted by atomic mass is 32.2. The molecule has 0 aliphatic heterocycles. The van der Waals surface area contributed by atoms with Gasteiger partial charge < -0.3 is 13.9 Å². The number of aryl methyl sites for hydroxylation is 2. The van der Waals surface area contributed by atoms with Crippen LogP contribution < -0.4 is 4.72 Å². The quantitative estimate of drug-likeness (QED) is 0.867. The molecule has 0 aromatic carbocycles. The van der Waals surface area contributed by atoms with Gasteiger partial charge in [-0.15, -0.1) is 0 Å². The molecule has 2 aromatic heterocycles. The maximum Gasteiger partial charge on any atom is 0.244 e. The van der Waals surface area contributed by atoms with Crippen LogP contribution in [0.4, 0.5) is 0 Å². The maximum atomic E-state index is 12.1. The van der Waals surface area contributed by atoms with Crippen molar-refractivity contribution in [2.45, 2.75) is 31.9 Å². The van der Waals surface area contributed by atoms with Gasteiger partial charge in [-0.05, 0) is 26.0 Å². The molecule has 0 fully saturated rings. The summed E-state index contributed by atoms with van der Waals surface area (Å²) in [5.74, 6) is 1.71. The molecule has 0 aliphatic rings.